The third kappa shape index (κ3) is 4.72. The van der Waals surface area contributed by atoms with Crippen molar-refractivity contribution in [3.8, 4) is 5.75 Å². The van der Waals surface area contributed by atoms with Crippen molar-refractivity contribution in [2.75, 3.05) is 21.3 Å². The second-order valence-corrected chi connectivity index (χ2v) is 5.55. The average Bonchev–Trinajstić information content (AvgIpc) is 2.71. The SMILES string of the molecule is COC(=O)/C(CCc1ccccc1)=C(\C(=O)OC)c1ccc(OC)cc1. The zero-order valence-corrected chi connectivity index (χ0v) is 15.2. The molecule has 0 aromatic heterocycles. The molecule has 26 heavy (non-hydrogen) atoms. The van der Waals surface area contributed by atoms with Gasteiger partial charge in [0.1, 0.15) is 5.75 Å². The monoisotopic (exact) mass is 354 g/mol. The molecular weight excluding hydrogens is 332 g/mol. The van der Waals surface area contributed by atoms with Crippen LogP contribution >= 0.6 is 0 Å². The first kappa shape index (κ1) is 19.2. The number of benzene rings is 2. The summed E-state index contributed by atoms with van der Waals surface area (Å²) in [6.45, 7) is 0. The van der Waals surface area contributed by atoms with Gasteiger partial charge >= 0.3 is 11.9 Å². The van der Waals surface area contributed by atoms with Crippen LogP contribution < -0.4 is 4.74 Å². The molecule has 0 saturated carbocycles. The lowest BCUT2D eigenvalue weighted by molar-refractivity contribution is -0.137. The van der Waals surface area contributed by atoms with E-state index in [1.54, 1.807) is 31.4 Å². The van der Waals surface area contributed by atoms with Crippen molar-refractivity contribution in [2.45, 2.75) is 12.8 Å². The Bertz CT molecular complexity index is 776. The minimum absolute atomic E-state index is 0.206. The van der Waals surface area contributed by atoms with Crippen molar-refractivity contribution in [1.29, 1.82) is 0 Å². The third-order valence-electron chi connectivity index (χ3n) is 4.01. The maximum absolute atomic E-state index is 12.4. The Morgan fingerprint density at radius 1 is 0.808 bits per heavy atom. The van der Waals surface area contributed by atoms with Gasteiger partial charge in [-0.2, -0.15) is 0 Å². The lowest BCUT2D eigenvalue weighted by Crippen LogP contribution is -2.15. The lowest BCUT2D eigenvalue weighted by atomic mass is 9.95. The van der Waals surface area contributed by atoms with Gasteiger partial charge < -0.3 is 14.2 Å². The fourth-order valence-corrected chi connectivity index (χ4v) is 2.64. The van der Waals surface area contributed by atoms with E-state index in [1.807, 2.05) is 30.3 Å². The van der Waals surface area contributed by atoms with Crippen LogP contribution in [0.2, 0.25) is 0 Å². The predicted molar refractivity (Wildman–Crippen MR) is 98.7 cm³/mol. The van der Waals surface area contributed by atoms with Crippen LogP contribution in [-0.2, 0) is 25.5 Å². The summed E-state index contributed by atoms with van der Waals surface area (Å²) < 4.78 is 15.0. The average molecular weight is 354 g/mol. The number of carbonyl (C=O) groups is 2. The normalized spacial score (nSPS) is 11.3. The van der Waals surface area contributed by atoms with Gasteiger partial charge in [-0.15, -0.1) is 0 Å². The van der Waals surface area contributed by atoms with Crippen molar-refractivity contribution in [2.24, 2.45) is 0 Å². The van der Waals surface area contributed by atoms with E-state index in [4.69, 9.17) is 14.2 Å². The molecule has 0 atom stereocenters. The highest BCUT2D eigenvalue weighted by atomic mass is 16.5. The highest BCUT2D eigenvalue weighted by Crippen LogP contribution is 2.26. The van der Waals surface area contributed by atoms with Crippen molar-refractivity contribution in [3.05, 3.63) is 71.3 Å². The zero-order valence-electron chi connectivity index (χ0n) is 15.2. The van der Waals surface area contributed by atoms with Crippen LogP contribution in [0, 0.1) is 0 Å². The quantitative estimate of drug-likeness (QED) is 0.563. The van der Waals surface area contributed by atoms with Crippen LogP contribution in [0.15, 0.2) is 60.2 Å². The summed E-state index contributed by atoms with van der Waals surface area (Å²) >= 11 is 0. The third-order valence-corrected chi connectivity index (χ3v) is 4.01. The Kier molecular flexibility index (Phi) is 6.97. The number of carbonyl (C=O) groups excluding carboxylic acids is 2. The molecule has 5 heteroatoms. The van der Waals surface area contributed by atoms with Gasteiger partial charge in [-0.05, 0) is 36.1 Å². The molecule has 0 amide bonds. The van der Waals surface area contributed by atoms with Crippen molar-refractivity contribution in [3.63, 3.8) is 0 Å². The highest BCUT2D eigenvalue weighted by molar-refractivity contribution is 6.22. The van der Waals surface area contributed by atoms with E-state index in [0.717, 1.165) is 5.56 Å². The van der Waals surface area contributed by atoms with Crippen LogP contribution in [0.4, 0.5) is 0 Å². The standard InChI is InChI=1S/C21H22O5/c1-24-17-12-10-16(11-13-17)19(21(23)26-3)18(20(22)25-2)14-9-15-7-5-4-6-8-15/h4-8,10-13H,9,14H2,1-3H3/b19-18-. The van der Waals surface area contributed by atoms with E-state index < -0.39 is 11.9 Å². The van der Waals surface area contributed by atoms with Gasteiger partial charge in [-0.25, -0.2) is 9.59 Å². The van der Waals surface area contributed by atoms with Gasteiger partial charge in [-0.1, -0.05) is 42.5 Å². The summed E-state index contributed by atoms with van der Waals surface area (Å²) in [6, 6.07) is 16.6. The Hall–Kier alpha value is -3.08. The molecule has 0 spiro atoms. The number of hydrogen-bond donors (Lipinski definition) is 0. The van der Waals surface area contributed by atoms with Gasteiger partial charge in [0.2, 0.25) is 0 Å². The van der Waals surface area contributed by atoms with Crippen molar-refractivity contribution >= 4 is 17.5 Å². The first-order valence-corrected chi connectivity index (χ1v) is 8.18. The first-order valence-electron chi connectivity index (χ1n) is 8.18. The van der Waals surface area contributed by atoms with Gasteiger partial charge in [0.25, 0.3) is 0 Å². The van der Waals surface area contributed by atoms with E-state index in [0.29, 0.717) is 24.2 Å². The van der Waals surface area contributed by atoms with Crippen LogP contribution in [0.3, 0.4) is 0 Å². The number of rotatable bonds is 7. The molecule has 0 aliphatic rings. The molecule has 0 N–H and O–H groups in total. The molecule has 5 nitrogen and oxygen atoms in total. The predicted octanol–water partition coefficient (Wildman–Crippen LogP) is 3.43. The number of esters is 2. The molecule has 2 rings (SSSR count). The molecule has 0 aliphatic carbocycles. The van der Waals surface area contributed by atoms with Crippen LogP contribution in [0.25, 0.3) is 5.57 Å². The largest absolute Gasteiger partial charge is 0.497 e. The molecular formula is C21H22O5. The lowest BCUT2D eigenvalue weighted by Gasteiger charge is -2.13. The summed E-state index contributed by atoms with van der Waals surface area (Å²) in [4.78, 5) is 24.8. The fourth-order valence-electron chi connectivity index (χ4n) is 2.64. The van der Waals surface area contributed by atoms with E-state index in [2.05, 4.69) is 0 Å². The smallest absolute Gasteiger partial charge is 0.339 e. The summed E-state index contributed by atoms with van der Waals surface area (Å²) in [5.74, 6) is -0.470. The van der Waals surface area contributed by atoms with Crippen molar-refractivity contribution in [1.82, 2.24) is 0 Å². The summed E-state index contributed by atoms with van der Waals surface area (Å²) in [5, 5.41) is 0. The number of methoxy groups -OCH3 is 3. The van der Waals surface area contributed by atoms with Gasteiger partial charge in [-0.3, -0.25) is 0 Å². The topological polar surface area (TPSA) is 61.8 Å². The Morgan fingerprint density at radius 2 is 1.42 bits per heavy atom. The van der Waals surface area contributed by atoms with Gasteiger partial charge in [0.15, 0.2) is 0 Å². The maximum Gasteiger partial charge on any atom is 0.339 e. The van der Waals surface area contributed by atoms with Crippen LogP contribution in [0.1, 0.15) is 17.5 Å². The Labute approximate surface area is 153 Å². The van der Waals surface area contributed by atoms with E-state index in [-0.39, 0.29) is 11.1 Å². The number of hydrogen-bond acceptors (Lipinski definition) is 5. The zero-order chi connectivity index (χ0) is 18.9. The number of aryl methyl sites for hydroxylation is 1. The highest BCUT2D eigenvalue weighted by Gasteiger charge is 2.24. The van der Waals surface area contributed by atoms with E-state index >= 15 is 0 Å². The van der Waals surface area contributed by atoms with E-state index in [9.17, 15) is 9.59 Å². The van der Waals surface area contributed by atoms with Gasteiger partial charge in [0, 0.05) is 0 Å². The maximum atomic E-state index is 12.4. The minimum Gasteiger partial charge on any atom is -0.497 e. The summed E-state index contributed by atoms with van der Waals surface area (Å²) in [6.07, 6.45) is 0.953. The molecule has 0 heterocycles. The minimum atomic E-state index is -0.580. The summed E-state index contributed by atoms with van der Waals surface area (Å²) in [5.41, 5.74) is 2.13. The molecule has 0 radical (unpaired) electrons. The van der Waals surface area contributed by atoms with Crippen LogP contribution in [0.5, 0.6) is 5.75 Å². The van der Waals surface area contributed by atoms with Crippen molar-refractivity contribution < 1.29 is 23.8 Å². The molecule has 0 unspecified atom stereocenters. The molecule has 0 bridgehead atoms. The first-order chi connectivity index (χ1) is 12.6. The molecule has 0 fully saturated rings. The molecule has 2 aromatic rings. The summed E-state index contributed by atoms with van der Waals surface area (Å²) in [7, 11) is 4.15. The fraction of sp³-hybridized carbons (Fsp3) is 0.238. The molecule has 0 aliphatic heterocycles. The van der Waals surface area contributed by atoms with Gasteiger partial charge in [0.05, 0.1) is 32.5 Å². The molecule has 136 valence electrons. The second kappa shape index (κ2) is 9.42. The molecule has 0 saturated heterocycles. The van der Waals surface area contributed by atoms with Crippen LogP contribution in [-0.4, -0.2) is 33.3 Å². The molecule has 2 aromatic carbocycles. The Morgan fingerprint density at radius 3 is 1.96 bits per heavy atom. The number of ether oxygens (including phenoxy) is 3. The second-order valence-electron chi connectivity index (χ2n) is 5.55. The van der Waals surface area contributed by atoms with E-state index in [1.165, 1.54) is 14.2 Å². The Balaban J connectivity index is 2.47.